The summed E-state index contributed by atoms with van der Waals surface area (Å²) in [6.07, 6.45) is 3.32. The second kappa shape index (κ2) is 8.51. The van der Waals surface area contributed by atoms with E-state index >= 15 is 0 Å². The first kappa shape index (κ1) is 17.3. The van der Waals surface area contributed by atoms with E-state index in [4.69, 9.17) is 9.47 Å². The van der Waals surface area contributed by atoms with Crippen LogP contribution >= 0.6 is 0 Å². The molecule has 124 valence electrons. The summed E-state index contributed by atoms with van der Waals surface area (Å²) >= 11 is 0. The average molecular weight is 307 g/mol. The zero-order chi connectivity index (χ0) is 15.9. The summed E-state index contributed by atoms with van der Waals surface area (Å²) in [6.45, 7) is 6.10. The summed E-state index contributed by atoms with van der Waals surface area (Å²) in [4.78, 5) is 2.41. The molecule has 1 N–H and O–H groups in total. The van der Waals surface area contributed by atoms with E-state index in [9.17, 15) is 5.11 Å². The summed E-state index contributed by atoms with van der Waals surface area (Å²) in [7, 11) is 1.66. The van der Waals surface area contributed by atoms with Crippen LogP contribution in [0.2, 0.25) is 0 Å². The SMILES string of the molecule is COc1ccc(COCC(O)CN2C(C)CCCC2C)cc1. The highest BCUT2D eigenvalue weighted by Crippen LogP contribution is 2.22. The largest absolute Gasteiger partial charge is 0.497 e. The third kappa shape index (κ3) is 4.97. The molecule has 1 aromatic rings. The van der Waals surface area contributed by atoms with E-state index in [1.807, 2.05) is 24.3 Å². The number of β-amino-alcohol motifs (C(OH)–C–C–N with tert-alkyl or cyclic N) is 1. The maximum Gasteiger partial charge on any atom is 0.118 e. The fourth-order valence-electron chi connectivity index (χ4n) is 3.17. The van der Waals surface area contributed by atoms with Gasteiger partial charge in [0.25, 0.3) is 0 Å². The average Bonchev–Trinajstić information content (AvgIpc) is 2.52. The first-order valence-electron chi connectivity index (χ1n) is 8.24. The Kier molecular flexibility index (Phi) is 6.68. The highest BCUT2D eigenvalue weighted by Gasteiger charge is 2.26. The Bertz CT molecular complexity index is 424. The zero-order valence-corrected chi connectivity index (χ0v) is 14.0. The summed E-state index contributed by atoms with van der Waals surface area (Å²) in [6, 6.07) is 8.93. The number of hydrogen-bond acceptors (Lipinski definition) is 4. The van der Waals surface area contributed by atoms with Crippen molar-refractivity contribution in [3.05, 3.63) is 29.8 Å². The van der Waals surface area contributed by atoms with Gasteiger partial charge in [-0.15, -0.1) is 0 Å². The minimum atomic E-state index is -0.429. The first-order chi connectivity index (χ1) is 10.6. The van der Waals surface area contributed by atoms with Crippen molar-refractivity contribution < 1.29 is 14.6 Å². The Morgan fingerprint density at radius 1 is 1.18 bits per heavy atom. The number of rotatable bonds is 7. The maximum absolute atomic E-state index is 10.2. The van der Waals surface area contributed by atoms with Crippen LogP contribution in [0.4, 0.5) is 0 Å². The zero-order valence-electron chi connectivity index (χ0n) is 14.0. The molecule has 0 radical (unpaired) electrons. The third-order valence-corrected chi connectivity index (χ3v) is 4.54. The Balaban J connectivity index is 1.71. The van der Waals surface area contributed by atoms with E-state index in [1.165, 1.54) is 19.3 Å². The third-order valence-electron chi connectivity index (χ3n) is 4.54. The van der Waals surface area contributed by atoms with Crippen LogP contribution in [0.5, 0.6) is 5.75 Å². The lowest BCUT2D eigenvalue weighted by molar-refractivity contribution is -0.0135. The van der Waals surface area contributed by atoms with Crippen molar-refractivity contribution in [1.82, 2.24) is 4.90 Å². The fourth-order valence-corrected chi connectivity index (χ4v) is 3.17. The summed E-state index contributed by atoms with van der Waals surface area (Å²) in [5.41, 5.74) is 1.09. The van der Waals surface area contributed by atoms with Crippen molar-refractivity contribution in [2.75, 3.05) is 20.3 Å². The molecular weight excluding hydrogens is 278 g/mol. The van der Waals surface area contributed by atoms with E-state index in [0.717, 1.165) is 11.3 Å². The predicted molar refractivity (Wildman–Crippen MR) is 88.1 cm³/mol. The number of aliphatic hydroxyl groups is 1. The predicted octanol–water partition coefficient (Wildman–Crippen LogP) is 2.84. The molecule has 0 aromatic heterocycles. The Labute approximate surface area is 134 Å². The molecule has 4 nitrogen and oxygen atoms in total. The molecule has 1 aliphatic heterocycles. The molecule has 4 heteroatoms. The van der Waals surface area contributed by atoms with E-state index < -0.39 is 6.10 Å². The minimum absolute atomic E-state index is 0.377. The second-order valence-corrected chi connectivity index (χ2v) is 6.34. The molecule has 3 unspecified atom stereocenters. The van der Waals surface area contributed by atoms with Crippen LogP contribution in [0.25, 0.3) is 0 Å². The van der Waals surface area contributed by atoms with E-state index in [0.29, 0.717) is 31.8 Å². The molecule has 0 saturated carbocycles. The van der Waals surface area contributed by atoms with Crippen molar-refractivity contribution in [2.24, 2.45) is 0 Å². The number of benzene rings is 1. The second-order valence-electron chi connectivity index (χ2n) is 6.34. The highest BCUT2D eigenvalue weighted by molar-refractivity contribution is 5.26. The normalized spacial score (nSPS) is 24.2. The molecule has 1 heterocycles. The molecule has 1 saturated heterocycles. The molecule has 0 aliphatic carbocycles. The van der Waals surface area contributed by atoms with Gasteiger partial charge in [-0.05, 0) is 44.4 Å². The van der Waals surface area contributed by atoms with Crippen LogP contribution in [0.1, 0.15) is 38.7 Å². The Morgan fingerprint density at radius 3 is 2.41 bits per heavy atom. The molecule has 2 rings (SSSR count). The van der Waals surface area contributed by atoms with Gasteiger partial charge in [-0.3, -0.25) is 4.90 Å². The van der Waals surface area contributed by atoms with Crippen molar-refractivity contribution in [3.8, 4) is 5.75 Å². The molecule has 22 heavy (non-hydrogen) atoms. The molecule has 1 fully saturated rings. The van der Waals surface area contributed by atoms with Crippen molar-refractivity contribution >= 4 is 0 Å². The van der Waals surface area contributed by atoms with Crippen LogP contribution in [-0.4, -0.2) is 48.5 Å². The van der Waals surface area contributed by atoms with Gasteiger partial charge in [-0.2, -0.15) is 0 Å². The van der Waals surface area contributed by atoms with Gasteiger partial charge in [0, 0.05) is 18.6 Å². The van der Waals surface area contributed by atoms with Gasteiger partial charge in [0.15, 0.2) is 0 Å². The molecule has 0 amide bonds. The van der Waals surface area contributed by atoms with E-state index in [2.05, 4.69) is 18.7 Å². The van der Waals surface area contributed by atoms with Crippen molar-refractivity contribution in [3.63, 3.8) is 0 Å². The number of methoxy groups -OCH3 is 1. The summed E-state index contributed by atoms with van der Waals surface area (Å²) in [5, 5.41) is 10.2. The van der Waals surface area contributed by atoms with Crippen LogP contribution in [-0.2, 0) is 11.3 Å². The molecular formula is C18H29NO3. The number of ether oxygens (including phenoxy) is 2. The number of piperidine rings is 1. The van der Waals surface area contributed by atoms with Crippen LogP contribution in [0, 0.1) is 0 Å². The maximum atomic E-state index is 10.2. The van der Waals surface area contributed by atoms with Gasteiger partial charge in [-0.25, -0.2) is 0 Å². The van der Waals surface area contributed by atoms with E-state index in [-0.39, 0.29) is 0 Å². The van der Waals surface area contributed by atoms with Crippen LogP contribution in [0.15, 0.2) is 24.3 Å². The lowest BCUT2D eigenvalue weighted by Gasteiger charge is -2.40. The highest BCUT2D eigenvalue weighted by atomic mass is 16.5. The first-order valence-corrected chi connectivity index (χ1v) is 8.24. The van der Waals surface area contributed by atoms with Gasteiger partial charge in [0.1, 0.15) is 5.75 Å². The monoisotopic (exact) mass is 307 g/mol. The molecule has 3 atom stereocenters. The summed E-state index contributed by atoms with van der Waals surface area (Å²) < 4.78 is 10.8. The minimum Gasteiger partial charge on any atom is -0.497 e. The van der Waals surface area contributed by atoms with Crippen molar-refractivity contribution in [2.45, 2.75) is 57.9 Å². The van der Waals surface area contributed by atoms with Gasteiger partial charge in [0.2, 0.25) is 0 Å². The Hall–Kier alpha value is -1.10. The number of aliphatic hydroxyl groups excluding tert-OH is 1. The quantitative estimate of drug-likeness (QED) is 0.841. The van der Waals surface area contributed by atoms with Gasteiger partial charge in [0.05, 0.1) is 26.4 Å². The van der Waals surface area contributed by atoms with Crippen molar-refractivity contribution in [1.29, 1.82) is 0 Å². The van der Waals surface area contributed by atoms with Crippen LogP contribution < -0.4 is 4.74 Å². The lowest BCUT2D eigenvalue weighted by atomic mass is 9.97. The number of nitrogens with zero attached hydrogens (tertiary/aromatic N) is 1. The van der Waals surface area contributed by atoms with E-state index in [1.54, 1.807) is 7.11 Å². The van der Waals surface area contributed by atoms with Gasteiger partial charge in [-0.1, -0.05) is 18.6 Å². The number of likely N-dealkylation sites (tertiary alicyclic amines) is 1. The molecule has 1 aromatic carbocycles. The molecule has 0 bridgehead atoms. The fraction of sp³-hybridized carbons (Fsp3) is 0.667. The smallest absolute Gasteiger partial charge is 0.118 e. The van der Waals surface area contributed by atoms with Crippen LogP contribution in [0.3, 0.4) is 0 Å². The van der Waals surface area contributed by atoms with Gasteiger partial charge < -0.3 is 14.6 Å². The molecule has 0 spiro atoms. The topological polar surface area (TPSA) is 41.9 Å². The lowest BCUT2D eigenvalue weighted by Crippen LogP contribution is -2.48. The standard InChI is InChI=1S/C18H29NO3/c1-14-5-4-6-15(2)19(14)11-17(20)13-22-12-16-7-9-18(21-3)10-8-16/h7-10,14-15,17,20H,4-6,11-13H2,1-3H3. The number of hydrogen-bond donors (Lipinski definition) is 1. The summed E-state index contributed by atoms with van der Waals surface area (Å²) in [5.74, 6) is 0.844. The molecule has 1 aliphatic rings. The Morgan fingerprint density at radius 2 is 1.82 bits per heavy atom. The van der Waals surface area contributed by atoms with Gasteiger partial charge >= 0.3 is 0 Å².